The van der Waals surface area contributed by atoms with Crippen LogP contribution in [0.2, 0.25) is 0 Å². The number of benzene rings is 2. The first-order valence-corrected chi connectivity index (χ1v) is 12.9. The van der Waals surface area contributed by atoms with Gasteiger partial charge in [-0.1, -0.05) is 20.8 Å². The van der Waals surface area contributed by atoms with Gasteiger partial charge in [-0.3, -0.25) is 5.32 Å². The van der Waals surface area contributed by atoms with Crippen molar-refractivity contribution in [2.75, 3.05) is 16.0 Å². The number of anilines is 3. The Hall–Kier alpha value is -4.93. The lowest BCUT2D eigenvalue weighted by atomic mass is 9.92. The number of urea groups is 1. The number of carbonyl (C=O) groups is 1. The second-order valence-corrected chi connectivity index (χ2v) is 10.7. The average Bonchev–Trinajstić information content (AvgIpc) is 3.52. The largest absolute Gasteiger partial charge is 0.457 e. The summed E-state index contributed by atoms with van der Waals surface area (Å²) in [7, 11) is 0. The molecule has 40 heavy (non-hydrogen) atoms. The van der Waals surface area contributed by atoms with E-state index < -0.39 is 11.8 Å². The summed E-state index contributed by atoms with van der Waals surface area (Å²) in [4.78, 5) is 24.5. The van der Waals surface area contributed by atoms with Crippen LogP contribution in [0.4, 0.5) is 26.5 Å². The molecule has 0 fully saturated rings. The summed E-state index contributed by atoms with van der Waals surface area (Å²) in [6, 6.07) is 14.7. The fraction of sp³-hybridized carbons (Fsp3) is 0.241. The van der Waals surface area contributed by atoms with Crippen molar-refractivity contribution in [1.82, 2.24) is 24.7 Å². The van der Waals surface area contributed by atoms with E-state index in [9.17, 15) is 9.18 Å². The van der Waals surface area contributed by atoms with Crippen LogP contribution in [-0.4, -0.2) is 36.8 Å². The third-order valence-electron chi connectivity index (χ3n) is 5.96. The van der Waals surface area contributed by atoms with Crippen molar-refractivity contribution in [3.8, 4) is 17.2 Å². The fourth-order valence-corrected chi connectivity index (χ4v) is 4.00. The number of hydrogen-bond acceptors (Lipinski definition) is 6. The van der Waals surface area contributed by atoms with E-state index in [2.05, 4.69) is 30.9 Å². The molecule has 206 valence electrons. The first-order valence-electron chi connectivity index (χ1n) is 12.9. The van der Waals surface area contributed by atoms with Crippen LogP contribution in [0.3, 0.4) is 0 Å². The van der Waals surface area contributed by atoms with Gasteiger partial charge in [0.1, 0.15) is 29.0 Å². The van der Waals surface area contributed by atoms with Gasteiger partial charge >= 0.3 is 6.03 Å². The Morgan fingerprint density at radius 1 is 1.00 bits per heavy atom. The molecule has 10 nitrogen and oxygen atoms in total. The Bertz CT molecular complexity index is 1670. The number of halogens is 1. The molecular weight excluding hydrogens is 511 g/mol. The molecule has 3 heterocycles. The number of aromatic amines is 1. The van der Waals surface area contributed by atoms with Crippen LogP contribution in [0.25, 0.3) is 16.7 Å². The number of nitrogens with zero attached hydrogens (tertiary/aromatic N) is 4. The standard InChI is InChI=1S/C29H31FN8O2/c1-17(2)34-26-14-20(10-11-31-26)40-19-7-9-22(21(30)13-19)35-28(39)36-27-15-25(29(3,4)5)37-38(27)18-6-8-23-24(12-18)33-16-32-23/h6-17H,1-5H3,(H,31,34)(H,32,33)(H2,35,36,39). The number of rotatable bonds is 7. The maximum absolute atomic E-state index is 15.0. The minimum Gasteiger partial charge on any atom is -0.457 e. The van der Waals surface area contributed by atoms with Crippen molar-refractivity contribution in [1.29, 1.82) is 0 Å². The highest BCUT2D eigenvalue weighted by Gasteiger charge is 2.22. The summed E-state index contributed by atoms with van der Waals surface area (Å²) in [6.07, 6.45) is 3.23. The fourth-order valence-electron chi connectivity index (χ4n) is 4.00. The zero-order valence-corrected chi connectivity index (χ0v) is 22.9. The molecule has 0 aliphatic rings. The molecular formula is C29H31FN8O2. The number of pyridine rings is 1. The molecule has 3 aromatic heterocycles. The summed E-state index contributed by atoms with van der Waals surface area (Å²) in [5, 5.41) is 13.3. The summed E-state index contributed by atoms with van der Waals surface area (Å²) in [6.45, 7) is 10.1. The van der Waals surface area contributed by atoms with Gasteiger partial charge in [0, 0.05) is 35.9 Å². The van der Waals surface area contributed by atoms with E-state index in [1.54, 1.807) is 41.5 Å². The monoisotopic (exact) mass is 542 g/mol. The van der Waals surface area contributed by atoms with Gasteiger partial charge in [-0.05, 0) is 50.2 Å². The number of carbonyl (C=O) groups excluding carboxylic acids is 1. The van der Waals surface area contributed by atoms with Crippen LogP contribution in [0.5, 0.6) is 11.5 Å². The number of hydrogen-bond donors (Lipinski definition) is 4. The van der Waals surface area contributed by atoms with Crippen molar-refractivity contribution in [3.63, 3.8) is 0 Å². The van der Waals surface area contributed by atoms with E-state index in [0.717, 1.165) is 22.4 Å². The van der Waals surface area contributed by atoms with Crippen molar-refractivity contribution < 1.29 is 13.9 Å². The summed E-state index contributed by atoms with van der Waals surface area (Å²) < 4.78 is 22.4. The molecule has 2 aromatic carbocycles. The summed E-state index contributed by atoms with van der Waals surface area (Å²) in [5.74, 6) is 1.24. The molecule has 4 N–H and O–H groups in total. The molecule has 0 spiro atoms. The van der Waals surface area contributed by atoms with Crippen LogP contribution < -0.4 is 20.7 Å². The highest BCUT2D eigenvalue weighted by molar-refractivity contribution is 5.99. The Morgan fingerprint density at radius 3 is 2.55 bits per heavy atom. The average molecular weight is 543 g/mol. The maximum atomic E-state index is 15.0. The maximum Gasteiger partial charge on any atom is 0.324 e. The van der Waals surface area contributed by atoms with Gasteiger partial charge in [0.05, 0.1) is 34.4 Å². The first kappa shape index (κ1) is 26.7. The Balaban J connectivity index is 1.32. The van der Waals surface area contributed by atoms with Crippen LogP contribution in [0, 0.1) is 5.82 Å². The predicted molar refractivity (Wildman–Crippen MR) is 154 cm³/mol. The molecule has 0 atom stereocenters. The zero-order chi connectivity index (χ0) is 28.4. The minimum absolute atomic E-state index is 0.00253. The van der Waals surface area contributed by atoms with Crippen molar-refractivity contribution in [3.05, 3.63) is 78.6 Å². The Morgan fingerprint density at radius 2 is 1.80 bits per heavy atom. The number of imidazole rings is 1. The molecule has 5 aromatic rings. The van der Waals surface area contributed by atoms with Crippen molar-refractivity contribution in [2.45, 2.75) is 46.1 Å². The topological polar surface area (TPSA) is 122 Å². The number of amides is 2. The molecule has 0 bridgehead atoms. The van der Waals surface area contributed by atoms with E-state index in [-0.39, 0.29) is 22.9 Å². The molecule has 0 saturated carbocycles. The van der Waals surface area contributed by atoms with E-state index in [4.69, 9.17) is 9.84 Å². The Kier molecular flexibility index (Phi) is 7.12. The number of nitrogens with one attached hydrogen (secondary N) is 4. The summed E-state index contributed by atoms with van der Waals surface area (Å²) >= 11 is 0. The molecule has 5 rings (SSSR count). The molecule has 11 heteroatoms. The second kappa shape index (κ2) is 10.7. The van der Waals surface area contributed by atoms with E-state index in [1.807, 2.05) is 52.8 Å². The quantitative estimate of drug-likeness (QED) is 0.179. The molecule has 0 aliphatic carbocycles. The Labute approximate surface area is 231 Å². The lowest BCUT2D eigenvalue weighted by Crippen LogP contribution is -2.22. The van der Waals surface area contributed by atoms with Crippen LogP contribution in [0.1, 0.15) is 40.3 Å². The second-order valence-electron chi connectivity index (χ2n) is 10.7. The van der Waals surface area contributed by atoms with Gasteiger partial charge in [0.2, 0.25) is 0 Å². The lowest BCUT2D eigenvalue weighted by Gasteiger charge is -2.14. The van der Waals surface area contributed by atoms with Gasteiger partial charge in [0.15, 0.2) is 0 Å². The third kappa shape index (κ3) is 6.04. The van der Waals surface area contributed by atoms with Crippen molar-refractivity contribution >= 4 is 34.4 Å². The highest BCUT2D eigenvalue weighted by atomic mass is 19.1. The normalized spacial score (nSPS) is 11.6. The number of aromatic nitrogens is 5. The van der Waals surface area contributed by atoms with E-state index in [1.165, 1.54) is 12.1 Å². The van der Waals surface area contributed by atoms with Gasteiger partial charge < -0.3 is 20.4 Å². The van der Waals surface area contributed by atoms with Crippen LogP contribution in [-0.2, 0) is 5.41 Å². The van der Waals surface area contributed by atoms with E-state index in [0.29, 0.717) is 17.4 Å². The lowest BCUT2D eigenvalue weighted by molar-refractivity contribution is 0.262. The number of fused-ring (bicyclic) bond motifs is 1. The molecule has 0 saturated heterocycles. The van der Waals surface area contributed by atoms with Crippen molar-refractivity contribution in [2.24, 2.45) is 0 Å². The molecule has 0 radical (unpaired) electrons. The minimum atomic E-state index is -0.643. The number of ether oxygens (including phenoxy) is 1. The van der Waals surface area contributed by atoms with Gasteiger partial charge in [0.25, 0.3) is 0 Å². The highest BCUT2D eigenvalue weighted by Crippen LogP contribution is 2.29. The third-order valence-corrected chi connectivity index (χ3v) is 5.96. The number of H-pyrrole nitrogens is 1. The summed E-state index contributed by atoms with van der Waals surface area (Å²) in [5.41, 5.74) is 2.91. The van der Waals surface area contributed by atoms with E-state index >= 15 is 0 Å². The molecule has 2 amide bonds. The van der Waals surface area contributed by atoms with Crippen LogP contribution in [0.15, 0.2) is 67.1 Å². The van der Waals surface area contributed by atoms with Gasteiger partial charge in [-0.25, -0.2) is 23.8 Å². The SMILES string of the molecule is CC(C)Nc1cc(Oc2ccc(NC(=O)Nc3cc(C(C)(C)C)nn3-c3ccc4nc[nH]c4c3)c(F)c2)ccn1. The van der Waals surface area contributed by atoms with Crippen LogP contribution >= 0.6 is 0 Å². The van der Waals surface area contributed by atoms with Gasteiger partial charge in [-0.2, -0.15) is 5.10 Å². The van der Waals surface area contributed by atoms with Gasteiger partial charge in [-0.15, -0.1) is 0 Å². The predicted octanol–water partition coefficient (Wildman–Crippen LogP) is 6.84. The molecule has 0 aliphatic heterocycles. The molecule has 0 unspecified atom stereocenters. The smallest absolute Gasteiger partial charge is 0.324 e. The zero-order valence-electron chi connectivity index (χ0n) is 22.9. The first-order chi connectivity index (χ1) is 19.0.